The fraction of sp³-hybridized carbons (Fsp3) is 0.0435. The average molecular weight is 399 g/mol. The first kappa shape index (κ1) is 19.1. The quantitative estimate of drug-likeness (QED) is 0.304. The van der Waals surface area contributed by atoms with Crippen molar-refractivity contribution in [3.8, 4) is 11.4 Å². The number of aromatic nitrogens is 1. The summed E-state index contributed by atoms with van der Waals surface area (Å²) in [6, 6.07) is 22.1. The van der Waals surface area contributed by atoms with Crippen molar-refractivity contribution in [2.75, 3.05) is 0 Å². The average Bonchev–Trinajstić information content (AvgIpc) is 2.75. The number of nitro groups is 1. The summed E-state index contributed by atoms with van der Waals surface area (Å²) >= 11 is 0. The molecule has 0 saturated heterocycles. The van der Waals surface area contributed by atoms with E-state index in [4.69, 9.17) is 0 Å². The van der Waals surface area contributed by atoms with Gasteiger partial charge in [0.15, 0.2) is 0 Å². The zero-order chi connectivity index (χ0) is 21.3. The van der Waals surface area contributed by atoms with E-state index in [-0.39, 0.29) is 28.4 Å². The first-order valence-electron chi connectivity index (χ1n) is 9.20. The summed E-state index contributed by atoms with van der Waals surface area (Å²) in [6.07, 6.45) is 0. The Kier molecular flexibility index (Phi) is 4.85. The molecule has 0 aliphatic carbocycles. The highest BCUT2D eigenvalue weighted by atomic mass is 16.6. The second kappa shape index (κ2) is 7.63. The molecule has 0 radical (unpaired) electrons. The van der Waals surface area contributed by atoms with Crippen LogP contribution in [0.3, 0.4) is 0 Å². The summed E-state index contributed by atoms with van der Waals surface area (Å²) < 4.78 is 1.50. The standard InChI is InChI=1S/C23H17N3O4/c1-15(24-18-12-6-8-14-20(18)26(29)30)21-22(27)17-11-5-7-13-19(17)25(23(21)28)16-9-3-2-4-10-16/h2-14,27H,1H3. The third-order valence-electron chi connectivity index (χ3n) is 4.80. The van der Waals surface area contributed by atoms with Crippen molar-refractivity contribution in [2.45, 2.75) is 6.92 Å². The van der Waals surface area contributed by atoms with Gasteiger partial charge in [-0.05, 0) is 37.3 Å². The number of pyridine rings is 1. The lowest BCUT2D eigenvalue weighted by Crippen LogP contribution is -2.25. The zero-order valence-electron chi connectivity index (χ0n) is 16.0. The molecule has 3 aromatic carbocycles. The van der Waals surface area contributed by atoms with Crippen molar-refractivity contribution in [3.63, 3.8) is 0 Å². The molecule has 7 nitrogen and oxygen atoms in total. The molecule has 1 aromatic heterocycles. The molecule has 0 saturated carbocycles. The molecule has 0 fully saturated rings. The number of hydrogen-bond donors (Lipinski definition) is 1. The molecule has 7 heteroatoms. The van der Waals surface area contributed by atoms with Gasteiger partial charge in [-0.25, -0.2) is 4.99 Å². The van der Waals surface area contributed by atoms with Crippen LogP contribution in [0.4, 0.5) is 11.4 Å². The topological polar surface area (TPSA) is 97.7 Å². The minimum atomic E-state index is -0.533. The first-order chi connectivity index (χ1) is 14.5. The van der Waals surface area contributed by atoms with Gasteiger partial charge in [0.1, 0.15) is 17.0 Å². The van der Waals surface area contributed by atoms with E-state index in [1.165, 1.54) is 16.7 Å². The molecule has 0 bridgehead atoms. The third-order valence-corrected chi connectivity index (χ3v) is 4.80. The maximum absolute atomic E-state index is 13.4. The normalized spacial score (nSPS) is 11.6. The zero-order valence-corrected chi connectivity index (χ0v) is 16.0. The van der Waals surface area contributed by atoms with Gasteiger partial charge >= 0.3 is 0 Å². The molecule has 148 valence electrons. The van der Waals surface area contributed by atoms with Crippen LogP contribution in [0.1, 0.15) is 12.5 Å². The molecular weight excluding hydrogens is 382 g/mol. The Hall–Kier alpha value is -4.26. The van der Waals surface area contributed by atoms with Crippen LogP contribution in [0.25, 0.3) is 16.6 Å². The fourth-order valence-corrected chi connectivity index (χ4v) is 3.44. The van der Waals surface area contributed by atoms with Crippen LogP contribution in [-0.2, 0) is 0 Å². The minimum Gasteiger partial charge on any atom is -0.506 e. The predicted molar refractivity (Wildman–Crippen MR) is 116 cm³/mol. The molecule has 4 rings (SSSR count). The minimum absolute atomic E-state index is 0.00398. The smallest absolute Gasteiger partial charge is 0.294 e. The molecule has 0 aliphatic heterocycles. The van der Waals surface area contributed by atoms with Crippen LogP contribution in [0.2, 0.25) is 0 Å². The van der Waals surface area contributed by atoms with Crippen molar-refractivity contribution in [1.82, 2.24) is 4.57 Å². The first-order valence-corrected chi connectivity index (χ1v) is 9.20. The fourth-order valence-electron chi connectivity index (χ4n) is 3.44. The molecule has 1 N–H and O–H groups in total. The van der Waals surface area contributed by atoms with Crippen LogP contribution in [0.5, 0.6) is 5.75 Å². The number of benzene rings is 3. The number of hydrogen-bond acceptors (Lipinski definition) is 5. The van der Waals surface area contributed by atoms with E-state index >= 15 is 0 Å². The van der Waals surface area contributed by atoms with Gasteiger partial charge in [-0.3, -0.25) is 19.5 Å². The molecule has 4 aromatic rings. The molecule has 1 heterocycles. The Bertz CT molecular complexity index is 1360. The highest BCUT2D eigenvalue weighted by molar-refractivity contribution is 6.06. The second-order valence-electron chi connectivity index (χ2n) is 6.66. The monoisotopic (exact) mass is 399 g/mol. The summed E-state index contributed by atoms with van der Waals surface area (Å²) in [7, 11) is 0. The summed E-state index contributed by atoms with van der Waals surface area (Å²) in [5, 5.41) is 22.7. The lowest BCUT2D eigenvalue weighted by atomic mass is 10.1. The van der Waals surface area contributed by atoms with E-state index in [0.717, 1.165) is 0 Å². The SMILES string of the molecule is CC(=Nc1ccccc1[N+](=O)[O-])c1c(O)c2ccccc2n(-c2ccccc2)c1=O. The molecule has 0 aliphatic rings. The summed E-state index contributed by atoms with van der Waals surface area (Å²) in [5.41, 5.74) is 0.834. The summed E-state index contributed by atoms with van der Waals surface area (Å²) in [5.74, 6) is -0.206. The summed E-state index contributed by atoms with van der Waals surface area (Å²) in [6.45, 7) is 1.55. The van der Waals surface area contributed by atoms with Crippen molar-refractivity contribution >= 4 is 28.0 Å². The highest BCUT2D eigenvalue weighted by Gasteiger charge is 2.20. The number of aliphatic imine (C=N–C) groups is 1. The third kappa shape index (κ3) is 3.22. The van der Waals surface area contributed by atoms with E-state index in [1.807, 2.05) is 18.2 Å². The Labute approximate surface area is 171 Å². The number of para-hydroxylation sites is 4. The van der Waals surface area contributed by atoms with Gasteiger partial charge in [0, 0.05) is 17.1 Å². The van der Waals surface area contributed by atoms with Crippen LogP contribution >= 0.6 is 0 Å². The summed E-state index contributed by atoms with van der Waals surface area (Å²) in [4.78, 5) is 28.5. The van der Waals surface area contributed by atoms with Crippen molar-refractivity contribution in [2.24, 2.45) is 4.99 Å². The van der Waals surface area contributed by atoms with Crippen LogP contribution < -0.4 is 5.56 Å². The van der Waals surface area contributed by atoms with E-state index in [0.29, 0.717) is 16.6 Å². The lowest BCUT2D eigenvalue weighted by molar-refractivity contribution is -0.384. The van der Waals surface area contributed by atoms with Crippen molar-refractivity contribution in [1.29, 1.82) is 0 Å². The molecule has 0 spiro atoms. The van der Waals surface area contributed by atoms with Gasteiger partial charge in [-0.1, -0.05) is 42.5 Å². The Morgan fingerprint density at radius 2 is 1.60 bits per heavy atom. The van der Waals surface area contributed by atoms with Crippen molar-refractivity contribution in [3.05, 3.63) is 105 Å². The second-order valence-corrected chi connectivity index (χ2v) is 6.66. The van der Waals surface area contributed by atoms with Crippen molar-refractivity contribution < 1.29 is 10.0 Å². The lowest BCUT2D eigenvalue weighted by Gasteiger charge is -2.15. The van der Waals surface area contributed by atoms with E-state index in [1.54, 1.807) is 55.5 Å². The maximum Gasteiger partial charge on any atom is 0.294 e. The van der Waals surface area contributed by atoms with Gasteiger partial charge in [-0.15, -0.1) is 0 Å². The molecular formula is C23H17N3O4. The molecule has 0 unspecified atom stereocenters. The van der Waals surface area contributed by atoms with E-state index in [9.17, 15) is 20.0 Å². The Morgan fingerprint density at radius 3 is 2.33 bits per heavy atom. The molecule has 0 amide bonds. The molecule has 0 atom stereocenters. The Morgan fingerprint density at radius 1 is 0.967 bits per heavy atom. The number of aromatic hydroxyl groups is 1. The number of fused-ring (bicyclic) bond motifs is 1. The van der Waals surface area contributed by atoms with Crippen LogP contribution in [0.15, 0.2) is 88.6 Å². The van der Waals surface area contributed by atoms with Gasteiger partial charge < -0.3 is 5.11 Å². The van der Waals surface area contributed by atoms with E-state index in [2.05, 4.69) is 4.99 Å². The van der Waals surface area contributed by atoms with Crippen LogP contribution in [-0.4, -0.2) is 20.3 Å². The van der Waals surface area contributed by atoms with Gasteiger partial charge in [0.05, 0.1) is 16.2 Å². The highest BCUT2D eigenvalue weighted by Crippen LogP contribution is 2.31. The van der Waals surface area contributed by atoms with Gasteiger partial charge in [0.2, 0.25) is 0 Å². The number of nitro benzene ring substituents is 1. The Balaban J connectivity index is 2.03. The largest absolute Gasteiger partial charge is 0.506 e. The number of nitrogens with zero attached hydrogens (tertiary/aromatic N) is 3. The van der Waals surface area contributed by atoms with Gasteiger partial charge in [0.25, 0.3) is 11.2 Å². The predicted octanol–water partition coefficient (Wildman–Crippen LogP) is 4.75. The number of rotatable bonds is 4. The maximum atomic E-state index is 13.4. The van der Waals surface area contributed by atoms with Gasteiger partial charge in [-0.2, -0.15) is 0 Å². The van der Waals surface area contributed by atoms with Crippen LogP contribution in [0, 0.1) is 10.1 Å². The van der Waals surface area contributed by atoms with E-state index < -0.39 is 10.5 Å². The molecule has 30 heavy (non-hydrogen) atoms.